The van der Waals surface area contributed by atoms with Crippen LogP contribution in [0.3, 0.4) is 0 Å². The van der Waals surface area contributed by atoms with E-state index >= 15 is 0 Å². The minimum absolute atomic E-state index is 0.507. The van der Waals surface area contributed by atoms with Crippen LogP contribution in [0.25, 0.3) is 11.3 Å². The predicted molar refractivity (Wildman–Crippen MR) is 100 cm³/mol. The molecule has 0 saturated carbocycles. The summed E-state index contributed by atoms with van der Waals surface area (Å²) in [6.45, 7) is 7.37. The monoisotopic (exact) mass is 323 g/mol. The smallest absolute Gasteiger partial charge is 0.0964 e. The van der Waals surface area contributed by atoms with Crippen molar-refractivity contribution in [2.24, 2.45) is 0 Å². The van der Waals surface area contributed by atoms with Crippen LogP contribution in [-0.4, -0.2) is 16.2 Å². The summed E-state index contributed by atoms with van der Waals surface area (Å²) in [4.78, 5) is 0. The molecule has 0 spiro atoms. The predicted octanol–water partition coefficient (Wildman–Crippen LogP) is 4.61. The molecule has 0 saturated heterocycles. The van der Waals surface area contributed by atoms with E-state index in [1.807, 2.05) is 0 Å². The maximum atomic E-state index is 4.57. The van der Waals surface area contributed by atoms with Crippen LogP contribution >= 0.6 is 0 Å². The minimum Gasteiger partial charge on any atom is -0.310 e. The molecule has 3 rings (SSSR count). The van der Waals surface area contributed by atoms with E-state index in [1.165, 1.54) is 47.9 Å². The average Bonchev–Trinajstić information content (AvgIpc) is 2.55. The van der Waals surface area contributed by atoms with Crippen molar-refractivity contribution in [3.63, 3.8) is 0 Å². The van der Waals surface area contributed by atoms with E-state index in [-0.39, 0.29) is 0 Å². The molecule has 0 bridgehead atoms. The number of nitrogens with zero attached hydrogens (tertiary/aromatic N) is 2. The van der Waals surface area contributed by atoms with E-state index in [1.54, 1.807) is 0 Å². The largest absolute Gasteiger partial charge is 0.310 e. The highest BCUT2D eigenvalue weighted by atomic mass is 15.1. The number of hydrogen-bond acceptors (Lipinski definition) is 3. The van der Waals surface area contributed by atoms with Gasteiger partial charge in [0.05, 0.1) is 11.4 Å². The van der Waals surface area contributed by atoms with Crippen LogP contribution in [0.1, 0.15) is 61.9 Å². The minimum atomic E-state index is 0.507. The van der Waals surface area contributed by atoms with Crippen LogP contribution in [0.15, 0.2) is 24.3 Å². The summed E-state index contributed by atoms with van der Waals surface area (Å²) in [7, 11) is 0. The Morgan fingerprint density at radius 1 is 0.917 bits per heavy atom. The third kappa shape index (κ3) is 4.02. The van der Waals surface area contributed by atoms with Crippen molar-refractivity contribution in [3.8, 4) is 11.3 Å². The number of nitrogens with one attached hydrogen (secondary N) is 1. The summed E-state index contributed by atoms with van der Waals surface area (Å²) in [6.07, 6.45) is 7.51. The molecule has 128 valence electrons. The number of fused-ring (bicyclic) bond motifs is 1. The van der Waals surface area contributed by atoms with Crippen molar-refractivity contribution >= 4 is 0 Å². The molecule has 0 atom stereocenters. The SMILES string of the molecule is Cc1nnc(-c2ccc(CNC(C)C)cc2)c2c1CCCCCC2. The molecule has 0 amide bonds. The van der Waals surface area contributed by atoms with E-state index < -0.39 is 0 Å². The molecule has 0 radical (unpaired) electrons. The van der Waals surface area contributed by atoms with E-state index in [4.69, 9.17) is 0 Å². The van der Waals surface area contributed by atoms with E-state index in [9.17, 15) is 0 Å². The average molecular weight is 323 g/mol. The molecule has 0 fully saturated rings. The fraction of sp³-hybridized carbons (Fsp3) is 0.524. The number of benzene rings is 1. The van der Waals surface area contributed by atoms with Crippen LogP contribution in [0, 0.1) is 6.92 Å². The Bertz CT molecular complexity index is 674. The van der Waals surface area contributed by atoms with Gasteiger partial charge in [0.25, 0.3) is 0 Å². The zero-order valence-corrected chi connectivity index (χ0v) is 15.2. The van der Waals surface area contributed by atoms with Crippen LogP contribution < -0.4 is 5.32 Å². The van der Waals surface area contributed by atoms with Gasteiger partial charge < -0.3 is 5.32 Å². The molecule has 1 aromatic carbocycles. The first-order chi connectivity index (χ1) is 11.6. The summed E-state index contributed by atoms with van der Waals surface area (Å²) in [5.41, 5.74) is 7.62. The second kappa shape index (κ2) is 7.89. The molecular weight excluding hydrogens is 294 g/mol. The van der Waals surface area contributed by atoms with Gasteiger partial charge in [-0.2, -0.15) is 5.10 Å². The van der Waals surface area contributed by atoms with Gasteiger partial charge >= 0.3 is 0 Å². The molecule has 3 heteroatoms. The van der Waals surface area contributed by atoms with Gasteiger partial charge in [-0.1, -0.05) is 51.0 Å². The van der Waals surface area contributed by atoms with E-state index in [0.29, 0.717) is 6.04 Å². The highest BCUT2D eigenvalue weighted by Gasteiger charge is 2.17. The fourth-order valence-corrected chi connectivity index (χ4v) is 3.50. The Morgan fingerprint density at radius 3 is 2.25 bits per heavy atom. The first-order valence-corrected chi connectivity index (χ1v) is 9.33. The summed E-state index contributed by atoms with van der Waals surface area (Å²) in [5.74, 6) is 0. The molecule has 1 heterocycles. The highest BCUT2D eigenvalue weighted by Crippen LogP contribution is 2.29. The maximum absolute atomic E-state index is 4.57. The topological polar surface area (TPSA) is 37.8 Å². The number of hydrogen-bond donors (Lipinski definition) is 1. The van der Waals surface area contributed by atoms with Gasteiger partial charge in [0.2, 0.25) is 0 Å². The lowest BCUT2D eigenvalue weighted by Crippen LogP contribution is -2.21. The fourth-order valence-electron chi connectivity index (χ4n) is 3.50. The lowest BCUT2D eigenvalue weighted by atomic mass is 9.90. The Hall–Kier alpha value is -1.74. The highest BCUT2D eigenvalue weighted by molar-refractivity contribution is 5.65. The van der Waals surface area contributed by atoms with Gasteiger partial charge in [0.15, 0.2) is 0 Å². The van der Waals surface area contributed by atoms with Crippen molar-refractivity contribution in [2.45, 2.75) is 71.9 Å². The summed E-state index contributed by atoms with van der Waals surface area (Å²) < 4.78 is 0. The molecule has 1 aromatic heterocycles. The Labute approximate surface area is 145 Å². The van der Waals surface area contributed by atoms with Crippen LogP contribution in [0.5, 0.6) is 0 Å². The molecule has 2 aromatic rings. The van der Waals surface area contributed by atoms with Gasteiger partial charge in [-0.3, -0.25) is 0 Å². The van der Waals surface area contributed by atoms with Crippen LogP contribution in [-0.2, 0) is 19.4 Å². The molecule has 1 N–H and O–H groups in total. The van der Waals surface area contributed by atoms with Crippen molar-refractivity contribution in [1.82, 2.24) is 15.5 Å². The second-order valence-corrected chi connectivity index (χ2v) is 7.24. The Balaban J connectivity index is 1.90. The van der Waals surface area contributed by atoms with Crippen LogP contribution in [0.4, 0.5) is 0 Å². The molecule has 1 aliphatic carbocycles. The Morgan fingerprint density at radius 2 is 1.58 bits per heavy atom. The van der Waals surface area contributed by atoms with Gasteiger partial charge in [-0.15, -0.1) is 5.10 Å². The van der Waals surface area contributed by atoms with Crippen molar-refractivity contribution in [1.29, 1.82) is 0 Å². The third-order valence-electron chi connectivity index (χ3n) is 4.93. The van der Waals surface area contributed by atoms with Crippen molar-refractivity contribution in [2.75, 3.05) is 0 Å². The quantitative estimate of drug-likeness (QED) is 0.893. The standard InChI is InChI=1S/C21H29N3/c1-15(2)22-14-17-10-12-18(13-11-17)21-20-9-7-5-4-6-8-19(20)16(3)23-24-21/h10-13,15,22H,4-9,14H2,1-3H3. The zero-order valence-electron chi connectivity index (χ0n) is 15.2. The molecule has 1 aliphatic rings. The first-order valence-electron chi connectivity index (χ1n) is 9.33. The number of aromatic nitrogens is 2. The summed E-state index contributed by atoms with van der Waals surface area (Å²) >= 11 is 0. The molecule has 3 nitrogen and oxygen atoms in total. The van der Waals surface area contributed by atoms with Gasteiger partial charge in [-0.25, -0.2) is 0 Å². The molecule has 0 aliphatic heterocycles. The van der Waals surface area contributed by atoms with Gasteiger partial charge in [-0.05, 0) is 49.3 Å². The second-order valence-electron chi connectivity index (χ2n) is 7.24. The third-order valence-corrected chi connectivity index (χ3v) is 4.93. The van der Waals surface area contributed by atoms with Crippen LogP contribution in [0.2, 0.25) is 0 Å². The van der Waals surface area contributed by atoms with E-state index in [0.717, 1.165) is 30.8 Å². The lowest BCUT2D eigenvalue weighted by Gasteiger charge is -2.18. The number of aryl methyl sites for hydroxylation is 1. The zero-order chi connectivity index (χ0) is 16.9. The van der Waals surface area contributed by atoms with Gasteiger partial charge in [0, 0.05) is 18.2 Å². The Kier molecular flexibility index (Phi) is 5.62. The summed E-state index contributed by atoms with van der Waals surface area (Å²) in [6, 6.07) is 9.33. The van der Waals surface area contributed by atoms with Gasteiger partial charge in [0.1, 0.15) is 0 Å². The lowest BCUT2D eigenvalue weighted by molar-refractivity contribution is 0.589. The summed E-state index contributed by atoms with van der Waals surface area (Å²) in [5, 5.41) is 12.5. The number of rotatable bonds is 4. The normalized spacial score (nSPS) is 15.0. The maximum Gasteiger partial charge on any atom is 0.0964 e. The molecule has 0 unspecified atom stereocenters. The van der Waals surface area contributed by atoms with E-state index in [2.05, 4.69) is 60.6 Å². The van der Waals surface area contributed by atoms with Crippen molar-refractivity contribution in [3.05, 3.63) is 46.6 Å². The molecule has 24 heavy (non-hydrogen) atoms. The van der Waals surface area contributed by atoms with Crippen molar-refractivity contribution < 1.29 is 0 Å². The first kappa shape index (κ1) is 17.1. The molecular formula is C21H29N3.